The molecule has 1 N–H and O–H groups in total. The molecule has 0 saturated heterocycles. The standard InChI is InChI=1S/C16H28N4O/c1-3-21-14-11-13(16(14)8-5-4-6-9-16)17-10-7-15-19-18-12-20(15)2/h12-14,17H,3-11H2,1-2H3. The first-order valence-corrected chi connectivity index (χ1v) is 8.44. The maximum atomic E-state index is 6.01. The Hall–Kier alpha value is -0.940. The number of nitrogens with zero attached hydrogens (tertiary/aromatic N) is 3. The van der Waals surface area contributed by atoms with Crippen molar-refractivity contribution in [3.63, 3.8) is 0 Å². The van der Waals surface area contributed by atoms with Gasteiger partial charge >= 0.3 is 0 Å². The number of aryl methyl sites for hydroxylation is 1. The lowest BCUT2D eigenvalue weighted by molar-refractivity contribution is -0.149. The molecule has 2 unspecified atom stereocenters. The molecule has 1 aromatic heterocycles. The summed E-state index contributed by atoms with van der Waals surface area (Å²) in [6.45, 7) is 3.95. The van der Waals surface area contributed by atoms with Gasteiger partial charge in [-0.1, -0.05) is 19.3 Å². The molecule has 3 rings (SSSR count). The molecule has 118 valence electrons. The van der Waals surface area contributed by atoms with Gasteiger partial charge in [0.1, 0.15) is 12.2 Å². The van der Waals surface area contributed by atoms with Gasteiger partial charge in [0.25, 0.3) is 0 Å². The summed E-state index contributed by atoms with van der Waals surface area (Å²) in [6.07, 6.45) is 11.2. The van der Waals surface area contributed by atoms with Crippen LogP contribution in [0.5, 0.6) is 0 Å². The fraction of sp³-hybridized carbons (Fsp3) is 0.875. The van der Waals surface area contributed by atoms with Gasteiger partial charge in [0, 0.05) is 38.1 Å². The average Bonchev–Trinajstić information content (AvgIpc) is 2.92. The molecule has 2 saturated carbocycles. The third-order valence-electron chi connectivity index (χ3n) is 5.48. The van der Waals surface area contributed by atoms with Gasteiger partial charge in [-0.15, -0.1) is 10.2 Å². The summed E-state index contributed by atoms with van der Waals surface area (Å²) in [4.78, 5) is 0. The fourth-order valence-corrected chi connectivity index (χ4v) is 4.24. The first kappa shape index (κ1) is 15.0. The molecule has 0 aromatic carbocycles. The van der Waals surface area contributed by atoms with Gasteiger partial charge in [-0.25, -0.2) is 0 Å². The van der Waals surface area contributed by atoms with Gasteiger partial charge in [-0.05, 0) is 26.2 Å². The minimum absolute atomic E-state index is 0.411. The van der Waals surface area contributed by atoms with Crippen molar-refractivity contribution < 1.29 is 4.74 Å². The van der Waals surface area contributed by atoms with Crippen molar-refractivity contribution in [3.8, 4) is 0 Å². The highest BCUT2D eigenvalue weighted by atomic mass is 16.5. The van der Waals surface area contributed by atoms with E-state index in [1.54, 1.807) is 6.33 Å². The van der Waals surface area contributed by atoms with Gasteiger partial charge < -0.3 is 14.6 Å². The van der Waals surface area contributed by atoms with Crippen LogP contribution in [0.15, 0.2) is 6.33 Å². The zero-order valence-corrected chi connectivity index (χ0v) is 13.3. The van der Waals surface area contributed by atoms with Crippen LogP contribution in [0.1, 0.15) is 51.3 Å². The van der Waals surface area contributed by atoms with Crippen molar-refractivity contribution >= 4 is 0 Å². The Balaban J connectivity index is 1.54. The van der Waals surface area contributed by atoms with Crippen LogP contribution in [0.4, 0.5) is 0 Å². The minimum Gasteiger partial charge on any atom is -0.378 e. The number of ether oxygens (including phenoxy) is 1. The lowest BCUT2D eigenvalue weighted by Crippen LogP contribution is -2.64. The molecule has 21 heavy (non-hydrogen) atoms. The highest BCUT2D eigenvalue weighted by molar-refractivity contribution is 5.09. The van der Waals surface area contributed by atoms with E-state index >= 15 is 0 Å². The first-order chi connectivity index (χ1) is 10.3. The molecule has 5 heteroatoms. The van der Waals surface area contributed by atoms with E-state index in [-0.39, 0.29) is 0 Å². The molecular weight excluding hydrogens is 264 g/mol. The summed E-state index contributed by atoms with van der Waals surface area (Å²) in [7, 11) is 2.01. The minimum atomic E-state index is 0.411. The maximum absolute atomic E-state index is 6.01. The van der Waals surface area contributed by atoms with Crippen LogP contribution in [0.3, 0.4) is 0 Å². The number of hydrogen-bond donors (Lipinski definition) is 1. The van der Waals surface area contributed by atoms with Crippen LogP contribution in [-0.2, 0) is 18.2 Å². The summed E-state index contributed by atoms with van der Waals surface area (Å²) in [5.41, 5.74) is 0.411. The lowest BCUT2D eigenvalue weighted by Gasteiger charge is -2.58. The Labute approximate surface area is 127 Å². The molecule has 1 spiro atoms. The predicted octanol–water partition coefficient (Wildman–Crippen LogP) is 2.08. The van der Waals surface area contributed by atoms with Crippen LogP contribution in [0, 0.1) is 5.41 Å². The van der Waals surface area contributed by atoms with Crippen LogP contribution in [0.2, 0.25) is 0 Å². The largest absolute Gasteiger partial charge is 0.378 e. The molecule has 1 aromatic rings. The number of nitrogens with one attached hydrogen (secondary N) is 1. The van der Waals surface area contributed by atoms with Crippen molar-refractivity contribution in [3.05, 3.63) is 12.2 Å². The number of aromatic nitrogens is 3. The summed E-state index contributed by atoms with van der Waals surface area (Å²) in [6, 6.07) is 0.627. The third-order valence-corrected chi connectivity index (χ3v) is 5.48. The molecule has 0 aliphatic heterocycles. The van der Waals surface area contributed by atoms with Crippen molar-refractivity contribution in [1.29, 1.82) is 0 Å². The monoisotopic (exact) mass is 292 g/mol. The molecule has 2 aliphatic carbocycles. The molecule has 1 heterocycles. The number of rotatable bonds is 6. The van der Waals surface area contributed by atoms with E-state index in [4.69, 9.17) is 4.74 Å². The zero-order valence-electron chi connectivity index (χ0n) is 13.3. The third kappa shape index (κ3) is 2.86. The average molecular weight is 292 g/mol. The molecule has 2 aliphatic rings. The zero-order chi connectivity index (χ0) is 14.7. The van der Waals surface area contributed by atoms with Crippen LogP contribution >= 0.6 is 0 Å². The van der Waals surface area contributed by atoms with E-state index < -0.39 is 0 Å². The Morgan fingerprint density at radius 2 is 2.19 bits per heavy atom. The molecule has 0 bridgehead atoms. The van der Waals surface area contributed by atoms with Crippen molar-refractivity contribution in [2.45, 2.75) is 64.0 Å². The second kappa shape index (κ2) is 6.44. The Morgan fingerprint density at radius 3 is 2.86 bits per heavy atom. The molecule has 0 amide bonds. The van der Waals surface area contributed by atoms with Crippen molar-refractivity contribution in [2.24, 2.45) is 12.5 Å². The summed E-state index contributed by atoms with van der Waals surface area (Å²) >= 11 is 0. The van der Waals surface area contributed by atoms with Crippen LogP contribution < -0.4 is 5.32 Å². The van der Waals surface area contributed by atoms with Gasteiger partial charge in [-0.3, -0.25) is 0 Å². The lowest BCUT2D eigenvalue weighted by atomic mass is 9.55. The van der Waals surface area contributed by atoms with E-state index in [1.807, 2.05) is 11.6 Å². The van der Waals surface area contributed by atoms with E-state index in [2.05, 4.69) is 22.4 Å². The molecule has 2 atom stereocenters. The number of hydrogen-bond acceptors (Lipinski definition) is 4. The summed E-state index contributed by atoms with van der Waals surface area (Å²) in [5.74, 6) is 1.06. The topological polar surface area (TPSA) is 52.0 Å². The van der Waals surface area contributed by atoms with Gasteiger partial charge in [0.05, 0.1) is 6.10 Å². The summed E-state index contributed by atoms with van der Waals surface area (Å²) in [5, 5.41) is 11.9. The second-order valence-corrected chi connectivity index (χ2v) is 6.59. The molecular formula is C16H28N4O. The Bertz CT molecular complexity index is 453. The first-order valence-electron chi connectivity index (χ1n) is 8.44. The van der Waals surface area contributed by atoms with Crippen LogP contribution in [-0.4, -0.2) is 40.1 Å². The smallest absolute Gasteiger partial charge is 0.133 e. The summed E-state index contributed by atoms with van der Waals surface area (Å²) < 4.78 is 8.01. The normalized spacial score (nSPS) is 27.7. The highest BCUT2D eigenvalue weighted by Crippen LogP contribution is 2.53. The molecule has 2 fully saturated rings. The van der Waals surface area contributed by atoms with Crippen molar-refractivity contribution in [1.82, 2.24) is 20.1 Å². The fourth-order valence-electron chi connectivity index (χ4n) is 4.24. The second-order valence-electron chi connectivity index (χ2n) is 6.59. The van der Waals surface area contributed by atoms with Gasteiger partial charge in [0.2, 0.25) is 0 Å². The van der Waals surface area contributed by atoms with E-state index in [1.165, 1.54) is 38.5 Å². The van der Waals surface area contributed by atoms with E-state index in [0.717, 1.165) is 25.4 Å². The highest BCUT2D eigenvalue weighted by Gasteiger charge is 2.55. The quantitative estimate of drug-likeness (QED) is 0.872. The van der Waals surface area contributed by atoms with Gasteiger partial charge in [-0.2, -0.15) is 0 Å². The predicted molar refractivity (Wildman–Crippen MR) is 82.0 cm³/mol. The molecule has 0 radical (unpaired) electrons. The maximum Gasteiger partial charge on any atom is 0.133 e. The Morgan fingerprint density at radius 1 is 1.38 bits per heavy atom. The molecule has 5 nitrogen and oxygen atoms in total. The van der Waals surface area contributed by atoms with Crippen molar-refractivity contribution in [2.75, 3.05) is 13.2 Å². The van der Waals surface area contributed by atoms with E-state index in [0.29, 0.717) is 17.6 Å². The SMILES string of the molecule is CCOC1CC(NCCc2nncn2C)C12CCCCC2. The van der Waals surface area contributed by atoms with Crippen LogP contribution in [0.25, 0.3) is 0 Å². The van der Waals surface area contributed by atoms with E-state index in [9.17, 15) is 0 Å². The van der Waals surface area contributed by atoms with Gasteiger partial charge in [0.15, 0.2) is 0 Å². The Kier molecular flexibility index (Phi) is 4.60.